The molecule has 1 atom stereocenters. The summed E-state index contributed by atoms with van der Waals surface area (Å²) in [5, 5.41) is 12.2. The molecule has 0 amide bonds. The molecule has 0 saturated heterocycles. The Morgan fingerprint density at radius 3 is 2.64 bits per heavy atom. The van der Waals surface area contributed by atoms with Crippen molar-refractivity contribution in [3.05, 3.63) is 21.9 Å². The Hall–Kier alpha value is -0.850. The van der Waals surface area contributed by atoms with Gasteiger partial charge in [0.1, 0.15) is 6.04 Å². The predicted octanol–water partition coefficient (Wildman–Crippen LogP) is 2.87. The highest BCUT2D eigenvalue weighted by atomic mass is 32.1. The zero-order chi connectivity index (χ0) is 10.6. The van der Waals surface area contributed by atoms with Crippen molar-refractivity contribution in [3.63, 3.8) is 0 Å². The molecule has 1 heterocycles. The van der Waals surface area contributed by atoms with Gasteiger partial charge in [0.15, 0.2) is 0 Å². The van der Waals surface area contributed by atoms with E-state index in [1.807, 2.05) is 6.07 Å². The topological polar surface area (TPSA) is 35.8 Å². The third-order valence-electron chi connectivity index (χ3n) is 1.90. The highest BCUT2D eigenvalue weighted by Gasteiger charge is 2.11. The van der Waals surface area contributed by atoms with Crippen LogP contribution in [-0.2, 0) is 0 Å². The number of rotatable bonds is 4. The highest BCUT2D eigenvalue weighted by Crippen LogP contribution is 2.22. The van der Waals surface area contributed by atoms with Crippen LogP contribution in [0.2, 0.25) is 0 Å². The second-order valence-electron chi connectivity index (χ2n) is 3.81. The van der Waals surface area contributed by atoms with Crippen molar-refractivity contribution in [1.82, 2.24) is 5.32 Å². The second-order valence-corrected chi connectivity index (χ2v) is 5.13. The van der Waals surface area contributed by atoms with E-state index in [0.717, 1.165) is 11.4 Å². The first-order chi connectivity index (χ1) is 6.63. The summed E-state index contributed by atoms with van der Waals surface area (Å²) in [6.07, 6.45) is 0. The smallest absolute Gasteiger partial charge is 0.130 e. The molecule has 0 aliphatic carbocycles. The third kappa shape index (κ3) is 3.13. The van der Waals surface area contributed by atoms with E-state index in [9.17, 15) is 0 Å². The molecule has 76 valence electrons. The summed E-state index contributed by atoms with van der Waals surface area (Å²) in [6.45, 7) is 7.22. The summed E-state index contributed by atoms with van der Waals surface area (Å²) in [7, 11) is 0. The number of nitrogens with zero attached hydrogens (tertiary/aromatic N) is 1. The molecular weight excluding hydrogens is 192 g/mol. The van der Waals surface area contributed by atoms with E-state index in [1.54, 1.807) is 11.3 Å². The SMILES string of the molecule is Cc1ccc(C(C#N)NCC(C)C)s1. The lowest BCUT2D eigenvalue weighted by molar-refractivity contribution is 0.528. The van der Waals surface area contributed by atoms with Gasteiger partial charge in [-0.3, -0.25) is 5.32 Å². The van der Waals surface area contributed by atoms with Crippen LogP contribution in [-0.4, -0.2) is 6.54 Å². The quantitative estimate of drug-likeness (QED) is 0.826. The van der Waals surface area contributed by atoms with Gasteiger partial charge in [0, 0.05) is 9.75 Å². The van der Waals surface area contributed by atoms with E-state index in [2.05, 4.69) is 38.2 Å². The Morgan fingerprint density at radius 2 is 2.21 bits per heavy atom. The van der Waals surface area contributed by atoms with E-state index < -0.39 is 0 Å². The Morgan fingerprint density at radius 1 is 1.50 bits per heavy atom. The summed E-state index contributed by atoms with van der Waals surface area (Å²) in [4.78, 5) is 2.37. The highest BCUT2D eigenvalue weighted by molar-refractivity contribution is 7.12. The lowest BCUT2D eigenvalue weighted by Crippen LogP contribution is -2.23. The molecular formula is C11H16N2S. The Bertz CT molecular complexity index is 322. The number of thiophene rings is 1. The first kappa shape index (κ1) is 11.2. The van der Waals surface area contributed by atoms with Crippen LogP contribution in [0.4, 0.5) is 0 Å². The summed E-state index contributed by atoms with van der Waals surface area (Å²) in [5.74, 6) is 0.576. The monoisotopic (exact) mass is 208 g/mol. The molecule has 1 rings (SSSR count). The van der Waals surface area contributed by atoms with Gasteiger partial charge in [0.2, 0.25) is 0 Å². The van der Waals surface area contributed by atoms with E-state index in [4.69, 9.17) is 5.26 Å². The molecule has 0 saturated carbocycles. The standard InChI is InChI=1S/C11H16N2S/c1-8(2)7-13-10(6-12)11-5-4-9(3)14-11/h4-5,8,10,13H,7H2,1-3H3. The van der Waals surface area contributed by atoms with Crippen LogP contribution in [0.25, 0.3) is 0 Å². The largest absolute Gasteiger partial charge is 0.297 e. The summed E-state index contributed by atoms with van der Waals surface area (Å²) >= 11 is 1.69. The summed E-state index contributed by atoms with van der Waals surface area (Å²) < 4.78 is 0. The molecule has 1 unspecified atom stereocenters. The number of nitrogens with one attached hydrogen (secondary N) is 1. The zero-order valence-corrected chi connectivity index (χ0v) is 9.69. The molecule has 2 nitrogen and oxygen atoms in total. The molecule has 14 heavy (non-hydrogen) atoms. The molecule has 1 aromatic rings. The van der Waals surface area contributed by atoms with Gasteiger partial charge in [0.25, 0.3) is 0 Å². The average molecular weight is 208 g/mol. The van der Waals surface area contributed by atoms with Crippen LogP contribution in [0, 0.1) is 24.2 Å². The van der Waals surface area contributed by atoms with Crippen molar-refractivity contribution in [2.24, 2.45) is 5.92 Å². The molecule has 0 aliphatic heterocycles. The number of hydrogen-bond acceptors (Lipinski definition) is 3. The van der Waals surface area contributed by atoms with Crippen LogP contribution < -0.4 is 5.32 Å². The van der Waals surface area contributed by atoms with Crippen LogP contribution in [0.5, 0.6) is 0 Å². The zero-order valence-electron chi connectivity index (χ0n) is 8.87. The van der Waals surface area contributed by atoms with E-state index in [-0.39, 0.29) is 6.04 Å². The van der Waals surface area contributed by atoms with Crippen molar-refractivity contribution in [2.45, 2.75) is 26.8 Å². The second kappa shape index (κ2) is 5.14. The van der Waals surface area contributed by atoms with Gasteiger partial charge in [0.05, 0.1) is 6.07 Å². The Labute approximate surface area is 89.6 Å². The van der Waals surface area contributed by atoms with Gasteiger partial charge in [-0.1, -0.05) is 13.8 Å². The lowest BCUT2D eigenvalue weighted by Gasteiger charge is -2.11. The number of hydrogen-bond donors (Lipinski definition) is 1. The van der Waals surface area contributed by atoms with Crippen LogP contribution >= 0.6 is 11.3 Å². The molecule has 0 aliphatic rings. The van der Waals surface area contributed by atoms with Crippen LogP contribution in [0.1, 0.15) is 29.6 Å². The molecule has 0 aromatic carbocycles. The summed E-state index contributed by atoms with van der Waals surface area (Å²) in [5.41, 5.74) is 0. The summed E-state index contributed by atoms with van der Waals surface area (Å²) in [6, 6.07) is 6.23. The van der Waals surface area contributed by atoms with Gasteiger partial charge >= 0.3 is 0 Å². The molecule has 1 aromatic heterocycles. The fourth-order valence-corrected chi connectivity index (χ4v) is 2.07. The molecule has 0 fully saturated rings. The minimum absolute atomic E-state index is 0.143. The van der Waals surface area contributed by atoms with Crippen molar-refractivity contribution < 1.29 is 0 Å². The molecule has 0 spiro atoms. The molecule has 1 N–H and O–H groups in total. The van der Waals surface area contributed by atoms with Crippen molar-refractivity contribution in [2.75, 3.05) is 6.54 Å². The van der Waals surface area contributed by atoms with Gasteiger partial charge in [-0.2, -0.15) is 5.26 Å². The number of nitriles is 1. The predicted molar refractivity (Wildman–Crippen MR) is 60.3 cm³/mol. The van der Waals surface area contributed by atoms with E-state index in [1.165, 1.54) is 4.88 Å². The maximum atomic E-state index is 9.00. The first-order valence-corrected chi connectivity index (χ1v) is 5.64. The van der Waals surface area contributed by atoms with Gasteiger partial charge in [-0.25, -0.2) is 0 Å². The van der Waals surface area contributed by atoms with Crippen molar-refractivity contribution in [3.8, 4) is 6.07 Å². The van der Waals surface area contributed by atoms with E-state index in [0.29, 0.717) is 5.92 Å². The molecule has 0 radical (unpaired) electrons. The molecule has 3 heteroatoms. The fourth-order valence-electron chi connectivity index (χ4n) is 1.17. The maximum absolute atomic E-state index is 9.00. The lowest BCUT2D eigenvalue weighted by atomic mass is 10.2. The fraction of sp³-hybridized carbons (Fsp3) is 0.545. The molecule has 0 bridgehead atoms. The normalized spacial score (nSPS) is 12.8. The Kier molecular flexibility index (Phi) is 4.12. The average Bonchev–Trinajstić information content (AvgIpc) is 2.53. The van der Waals surface area contributed by atoms with Crippen molar-refractivity contribution in [1.29, 1.82) is 5.26 Å². The minimum atomic E-state index is -0.143. The van der Waals surface area contributed by atoms with Crippen LogP contribution in [0.15, 0.2) is 12.1 Å². The minimum Gasteiger partial charge on any atom is -0.297 e. The van der Waals surface area contributed by atoms with Crippen LogP contribution in [0.3, 0.4) is 0 Å². The van der Waals surface area contributed by atoms with Gasteiger partial charge in [-0.15, -0.1) is 11.3 Å². The van der Waals surface area contributed by atoms with E-state index >= 15 is 0 Å². The van der Waals surface area contributed by atoms with Gasteiger partial charge in [-0.05, 0) is 31.5 Å². The number of aryl methyl sites for hydroxylation is 1. The van der Waals surface area contributed by atoms with Gasteiger partial charge < -0.3 is 0 Å². The third-order valence-corrected chi connectivity index (χ3v) is 2.97. The first-order valence-electron chi connectivity index (χ1n) is 4.83. The maximum Gasteiger partial charge on any atom is 0.130 e. The van der Waals surface area contributed by atoms with Crippen molar-refractivity contribution >= 4 is 11.3 Å². The Balaban J connectivity index is 2.60.